The van der Waals surface area contributed by atoms with Crippen LogP contribution in [-0.2, 0) is 4.79 Å². The Bertz CT molecular complexity index is 582. The van der Waals surface area contributed by atoms with E-state index in [1.54, 1.807) is 0 Å². The molecule has 2 saturated carbocycles. The first kappa shape index (κ1) is 13.5. The molecule has 1 aromatic carbocycles. The number of benzene rings is 1. The number of hydrogen-bond donors (Lipinski definition) is 0. The topological polar surface area (TPSA) is 34.1 Å². The molecule has 0 amide bonds. The first-order valence-corrected chi connectivity index (χ1v) is 7.44. The number of carbonyl (C=O) groups is 2. The maximum Gasteiger partial charge on any atom is 0.173 e. The van der Waals surface area contributed by atoms with Crippen molar-refractivity contribution < 1.29 is 9.59 Å². The van der Waals surface area contributed by atoms with Gasteiger partial charge in [0.2, 0.25) is 0 Å². The normalized spacial score (nSPS) is 34.5. The first-order chi connectivity index (χ1) is 9.29. The number of ketones is 2. The molecule has 2 aliphatic rings. The zero-order valence-electron chi connectivity index (χ0n) is 12.7. The van der Waals surface area contributed by atoms with Crippen LogP contribution in [0.4, 0.5) is 0 Å². The highest BCUT2D eigenvalue weighted by Crippen LogP contribution is 2.66. The highest BCUT2D eigenvalue weighted by atomic mass is 16.2. The van der Waals surface area contributed by atoms with Gasteiger partial charge in [0.15, 0.2) is 5.78 Å². The number of carbonyl (C=O) groups excluding carboxylic acids is 2. The van der Waals surface area contributed by atoms with E-state index in [0.29, 0.717) is 5.56 Å². The van der Waals surface area contributed by atoms with Crippen molar-refractivity contribution in [3.8, 4) is 0 Å². The summed E-state index contributed by atoms with van der Waals surface area (Å²) in [6.45, 7) is 8.37. The summed E-state index contributed by atoms with van der Waals surface area (Å²) in [4.78, 5) is 25.5. The molecule has 106 valence electrons. The second kappa shape index (κ2) is 4.03. The van der Waals surface area contributed by atoms with E-state index in [9.17, 15) is 9.59 Å². The van der Waals surface area contributed by atoms with Crippen molar-refractivity contribution in [2.24, 2.45) is 22.7 Å². The average Bonchev–Trinajstić information content (AvgIpc) is 2.71. The van der Waals surface area contributed by atoms with E-state index in [1.807, 2.05) is 31.2 Å². The van der Waals surface area contributed by atoms with Crippen LogP contribution in [0.15, 0.2) is 24.3 Å². The molecule has 0 saturated heterocycles. The molecule has 2 heteroatoms. The van der Waals surface area contributed by atoms with Crippen LogP contribution in [0, 0.1) is 29.6 Å². The van der Waals surface area contributed by atoms with Gasteiger partial charge in [0.05, 0.1) is 5.92 Å². The van der Waals surface area contributed by atoms with Gasteiger partial charge in [0, 0.05) is 11.0 Å². The molecule has 0 aromatic heterocycles. The van der Waals surface area contributed by atoms with Crippen LogP contribution < -0.4 is 0 Å². The van der Waals surface area contributed by atoms with E-state index in [1.165, 1.54) is 0 Å². The molecule has 0 N–H and O–H groups in total. The molecule has 3 atom stereocenters. The molecule has 0 unspecified atom stereocenters. The predicted molar refractivity (Wildman–Crippen MR) is 78.6 cm³/mol. The fourth-order valence-electron chi connectivity index (χ4n) is 4.29. The van der Waals surface area contributed by atoms with Gasteiger partial charge in [0.1, 0.15) is 5.78 Å². The Morgan fingerprint density at radius 2 is 1.75 bits per heavy atom. The smallest absolute Gasteiger partial charge is 0.173 e. The second-order valence-corrected chi connectivity index (χ2v) is 7.27. The second-order valence-electron chi connectivity index (χ2n) is 7.27. The first-order valence-electron chi connectivity index (χ1n) is 7.44. The number of rotatable bonds is 2. The SMILES string of the molecule is Cc1ccc(C(=O)[C@@H]2C(=O)[C@@]3(C)CC[C@H]2C3(C)C)cc1. The molecule has 1 aromatic rings. The summed E-state index contributed by atoms with van der Waals surface area (Å²) >= 11 is 0. The Morgan fingerprint density at radius 1 is 1.15 bits per heavy atom. The van der Waals surface area contributed by atoms with Crippen molar-refractivity contribution in [1.82, 2.24) is 0 Å². The summed E-state index contributed by atoms with van der Waals surface area (Å²) in [5.74, 6) is -0.0268. The van der Waals surface area contributed by atoms with E-state index in [-0.39, 0.29) is 28.3 Å². The lowest BCUT2D eigenvalue weighted by Gasteiger charge is -2.32. The van der Waals surface area contributed by atoms with Gasteiger partial charge >= 0.3 is 0 Å². The Morgan fingerprint density at radius 3 is 2.25 bits per heavy atom. The van der Waals surface area contributed by atoms with Crippen LogP contribution in [0.3, 0.4) is 0 Å². The van der Waals surface area contributed by atoms with Crippen molar-refractivity contribution in [2.45, 2.75) is 40.5 Å². The van der Waals surface area contributed by atoms with Crippen LogP contribution in [-0.4, -0.2) is 11.6 Å². The van der Waals surface area contributed by atoms with Gasteiger partial charge < -0.3 is 0 Å². The van der Waals surface area contributed by atoms with E-state index < -0.39 is 5.92 Å². The lowest BCUT2D eigenvalue weighted by Crippen LogP contribution is -2.35. The lowest BCUT2D eigenvalue weighted by atomic mass is 9.70. The maximum atomic E-state index is 12.8. The monoisotopic (exact) mass is 270 g/mol. The third-order valence-electron chi connectivity index (χ3n) is 6.15. The minimum absolute atomic E-state index is 0.0245. The summed E-state index contributed by atoms with van der Waals surface area (Å²) in [6.07, 6.45) is 1.93. The van der Waals surface area contributed by atoms with Crippen molar-refractivity contribution in [1.29, 1.82) is 0 Å². The average molecular weight is 270 g/mol. The van der Waals surface area contributed by atoms with Gasteiger partial charge in [-0.1, -0.05) is 50.6 Å². The van der Waals surface area contributed by atoms with E-state index >= 15 is 0 Å². The van der Waals surface area contributed by atoms with Gasteiger partial charge in [-0.25, -0.2) is 0 Å². The van der Waals surface area contributed by atoms with Gasteiger partial charge in [-0.15, -0.1) is 0 Å². The van der Waals surface area contributed by atoms with Gasteiger partial charge in [-0.3, -0.25) is 9.59 Å². The van der Waals surface area contributed by atoms with Crippen molar-refractivity contribution in [3.63, 3.8) is 0 Å². The Labute approximate surface area is 120 Å². The van der Waals surface area contributed by atoms with Gasteiger partial charge in [0.25, 0.3) is 0 Å². The van der Waals surface area contributed by atoms with Crippen LogP contribution in [0.2, 0.25) is 0 Å². The fraction of sp³-hybridized carbons (Fsp3) is 0.556. The highest BCUT2D eigenvalue weighted by Gasteiger charge is 2.67. The Hall–Kier alpha value is -1.44. The van der Waals surface area contributed by atoms with E-state index in [4.69, 9.17) is 0 Å². The molecule has 2 fully saturated rings. The summed E-state index contributed by atoms with van der Waals surface area (Å²) in [5.41, 5.74) is 1.44. The molecule has 0 aliphatic heterocycles. The molecule has 0 spiro atoms. The quantitative estimate of drug-likeness (QED) is 0.605. The number of fused-ring (bicyclic) bond motifs is 2. The Kier molecular flexibility index (Phi) is 2.73. The number of aryl methyl sites for hydroxylation is 1. The van der Waals surface area contributed by atoms with Crippen LogP contribution in [0.25, 0.3) is 0 Å². The number of hydrogen-bond acceptors (Lipinski definition) is 2. The molecular formula is C18H22O2. The lowest BCUT2D eigenvalue weighted by molar-refractivity contribution is -0.130. The largest absolute Gasteiger partial charge is 0.298 e. The van der Waals surface area contributed by atoms with E-state index in [0.717, 1.165) is 18.4 Å². The maximum absolute atomic E-state index is 12.8. The van der Waals surface area contributed by atoms with Crippen molar-refractivity contribution in [2.75, 3.05) is 0 Å². The molecule has 3 rings (SSSR count). The molecule has 0 radical (unpaired) electrons. The summed E-state index contributed by atoms with van der Waals surface area (Å²) in [6, 6.07) is 7.59. The minimum Gasteiger partial charge on any atom is -0.298 e. The minimum atomic E-state index is -0.425. The zero-order chi connectivity index (χ0) is 14.7. The number of Topliss-reactive ketones (excluding diaryl/α,β-unsaturated/α-hetero) is 2. The van der Waals surface area contributed by atoms with Crippen LogP contribution in [0.1, 0.15) is 49.5 Å². The Balaban J connectivity index is 1.98. The third kappa shape index (κ3) is 1.51. The van der Waals surface area contributed by atoms with Crippen molar-refractivity contribution >= 4 is 11.6 Å². The summed E-state index contributed by atoms with van der Waals surface area (Å²) in [5, 5.41) is 0. The molecule has 20 heavy (non-hydrogen) atoms. The predicted octanol–water partition coefficient (Wildman–Crippen LogP) is 3.82. The summed E-state index contributed by atoms with van der Waals surface area (Å²) in [7, 11) is 0. The molecule has 2 bridgehead atoms. The summed E-state index contributed by atoms with van der Waals surface area (Å²) < 4.78 is 0. The highest BCUT2D eigenvalue weighted by molar-refractivity contribution is 6.14. The molecule has 2 nitrogen and oxygen atoms in total. The van der Waals surface area contributed by atoms with Gasteiger partial charge in [-0.2, -0.15) is 0 Å². The van der Waals surface area contributed by atoms with Crippen LogP contribution in [0.5, 0.6) is 0 Å². The molecule has 0 heterocycles. The van der Waals surface area contributed by atoms with E-state index in [2.05, 4.69) is 20.8 Å². The van der Waals surface area contributed by atoms with Crippen molar-refractivity contribution in [3.05, 3.63) is 35.4 Å². The standard InChI is InChI=1S/C18H22O2/c1-11-5-7-12(8-6-11)15(19)14-13-9-10-18(4,16(14)20)17(13,2)3/h5-8,13-14H,9-10H2,1-4H3/t13-,14-,18-/m1/s1. The molecular weight excluding hydrogens is 248 g/mol. The zero-order valence-corrected chi connectivity index (χ0v) is 12.7. The van der Waals surface area contributed by atoms with Gasteiger partial charge in [-0.05, 0) is 31.1 Å². The fourth-order valence-corrected chi connectivity index (χ4v) is 4.29. The third-order valence-corrected chi connectivity index (χ3v) is 6.15. The van der Waals surface area contributed by atoms with Crippen LogP contribution >= 0.6 is 0 Å². The molecule has 2 aliphatic carbocycles.